The molecule has 1 aromatic carbocycles. The van der Waals surface area contributed by atoms with Gasteiger partial charge >= 0.3 is 0 Å². The van der Waals surface area contributed by atoms with Gasteiger partial charge in [-0.05, 0) is 42.5 Å². The third-order valence-electron chi connectivity index (χ3n) is 3.46. The summed E-state index contributed by atoms with van der Waals surface area (Å²) in [4.78, 5) is 0. The van der Waals surface area contributed by atoms with Gasteiger partial charge < -0.3 is 0 Å². The Labute approximate surface area is 109 Å². The first kappa shape index (κ1) is 12.4. The lowest BCUT2D eigenvalue weighted by Crippen LogP contribution is -2.12. The molecule has 0 amide bonds. The van der Waals surface area contributed by atoms with Gasteiger partial charge in [0.1, 0.15) is 0 Å². The van der Waals surface area contributed by atoms with Crippen molar-refractivity contribution >= 4 is 11.6 Å². The minimum atomic E-state index is 0.552. The average Bonchev–Trinajstić information content (AvgIpc) is 2.28. The van der Waals surface area contributed by atoms with Crippen LogP contribution in [-0.4, -0.2) is 0 Å². The van der Waals surface area contributed by atoms with Crippen LogP contribution in [0, 0.1) is 0 Å². The first-order valence-electron chi connectivity index (χ1n) is 6.36. The Kier molecular flexibility index (Phi) is 4.06. The predicted molar refractivity (Wildman–Crippen MR) is 75.6 cm³/mol. The standard InChI is InChI=1S/C16H19Cl/c1-3-4-5-12(2)15-10-11-16(15)13-6-8-14(17)9-7-13/h6-10,16H,2-5,11H2,1H3. The summed E-state index contributed by atoms with van der Waals surface area (Å²) in [5, 5.41) is 0.809. The lowest BCUT2D eigenvalue weighted by Gasteiger charge is -2.29. The fourth-order valence-electron chi connectivity index (χ4n) is 2.29. The molecule has 0 saturated carbocycles. The molecule has 0 aromatic heterocycles. The molecule has 0 nitrogen and oxygen atoms in total. The molecule has 1 aliphatic rings. The fraction of sp³-hybridized carbons (Fsp3) is 0.375. The predicted octanol–water partition coefficient (Wildman–Crippen LogP) is 5.50. The molecule has 0 N–H and O–H groups in total. The summed E-state index contributed by atoms with van der Waals surface area (Å²) in [7, 11) is 0. The number of unbranched alkanes of at least 4 members (excludes halogenated alkanes) is 1. The topological polar surface area (TPSA) is 0 Å². The summed E-state index contributed by atoms with van der Waals surface area (Å²) in [6.07, 6.45) is 7.06. The molecule has 1 heteroatoms. The number of hydrogen-bond acceptors (Lipinski definition) is 0. The van der Waals surface area contributed by atoms with Crippen LogP contribution in [0.1, 0.15) is 44.1 Å². The van der Waals surface area contributed by atoms with Crippen LogP contribution < -0.4 is 0 Å². The third kappa shape index (κ3) is 2.81. The van der Waals surface area contributed by atoms with Gasteiger partial charge in [0.15, 0.2) is 0 Å². The van der Waals surface area contributed by atoms with E-state index in [1.807, 2.05) is 12.1 Å². The van der Waals surface area contributed by atoms with Gasteiger partial charge in [0.2, 0.25) is 0 Å². The second-order valence-corrected chi connectivity index (χ2v) is 5.14. The summed E-state index contributed by atoms with van der Waals surface area (Å²) in [5.41, 5.74) is 4.13. The molecule has 90 valence electrons. The average molecular weight is 247 g/mol. The Balaban J connectivity index is 2.03. The maximum Gasteiger partial charge on any atom is 0.0406 e. The van der Waals surface area contributed by atoms with Gasteiger partial charge in [-0.2, -0.15) is 0 Å². The van der Waals surface area contributed by atoms with Gasteiger partial charge in [0, 0.05) is 10.9 Å². The van der Waals surface area contributed by atoms with E-state index in [2.05, 4.69) is 31.7 Å². The highest BCUT2D eigenvalue weighted by Crippen LogP contribution is 2.41. The Morgan fingerprint density at radius 2 is 2.06 bits per heavy atom. The van der Waals surface area contributed by atoms with Gasteiger partial charge in [-0.1, -0.05) is 55.3 Å². The summed E-state index contributed by atoms with van der Waals surface area (Å²) in [5.74, 6) is 0.552. The molecule has 1 aromatic rings. The summed E-state index contributed by atoms with van der Waals surface area (Å²) in [6, 6.07) is 8.21. The monoisotopic (exact) mass is 246 g/mol. The summed E-state index contributed by atoms with van der Waals surface area (Å²) >= 11 is 5.91. The van der Waals surface area contributed by atoms with Gasteiger partial charge in [-0.3, -0.25) is 0 Å². The van der Waals surface area contributed by atoms with Crippen LogP contribution in [0.5, 0.6) is 0 Å². The van der Waals surface area contributed by atoms with E-state index >= 15 is 0 Å². The maximum absolute atomic E-state index is 5.91. The van der Waals surface area contributed by atoms with Crippen LogP contribution in [-0.2, 0) is 0 Å². The zero-order valence-electron chi connectivity index (χ0n) is 10.4. The van der Waals surface area contributed by atoms with Crippen LogP contribution in [0.15, 0.2) is 48.1 Å². The van der Waals surface area contributed by atoms with Gasteiger partial charge in [-0.25, -0.2) is 0 Å². The number of hydrogen-bond donors (Lipinski definition) is 0. The van der Waals surface area contributed by atoms with Crippen LogP contribution in [0.25, 0.3) is 0 Å². The summed E-state index contributed by atoms with van der Waals surface area (Å²) in [6.45, 7) is 6.43. The zero-order chi connectivity index (χ0) is 12.3. The molecule has 17 heavy (non-hydrogen) atoms. The molecule has 0 fully saturated rings. The first-order valence-corrected chi connectivity index (χ1v) is 6.74. The molecule has 0 bridgehead atoms. The van der Waals surface area contributed by atoms with Crippen molar-refractivity contribution in [1.82, 2.24) is 0 Å². The molecule has 1 aliphatic carbocycles. The van der Waals surface area contributed by atoms with Gasteiger partial charge in [-0.15, -0.1) is 0 Å². The van der Waals surface area contributed by atoms with Crippen LogP contribution in [0.4, 0.5) is 0 Å². The van der Waals surface area contributed by atoms with Crippen molar-refractivity contribution < 1.29 is 0 Å². The second kappa shape index (κ2) is 5.55. The molecule has 0 radical (unpaired) electrons. The normalized spacial score (nSPS) is 18.5. The lowest BCUT2D eigenvalue weighted by atomic mass is 9.75. The van der Waals surface area contributed by atoms with Crippen molar-refractivity contribution in [2.24, 2.45) is 0 Å². The molecule has 1 unspecified atom stereocenters. The quantitative estimate of drug-likeness (QED) is 0.644. The smallest absolute Gasteiger partial charge is 0.0406 e. The van der Waals surface area contributed by atoms with Crippen LogP contribution in [0.3, 0.4) is 0 Å². The third-order valence-corrected chi connectivity index (χ3v) is 3.71. The minimum absolute atomic E-state index is 0.552. The largest absolute Gasteiger partial charge is 0.0955 e. The Morgan fingerprint density at radius 3 is 2.59 bits per heavy atom. The number of halogens is 1. The number of allylic oxidation sites excluding steroid dienone is 3. The fourth-order valence-corrected chi connectivity index (χ4v) is 2.42. The Bertz CT molecular complexity index is 425. The van der Waals surface area contributed by atoms with Crippen LogP contribution >= 0.6 is 11.6 Å². The van der Waals surface area contributed by atoms with Crippen molar-refractivity contribution in [3.63, 3.8) is 0 Å². The second-order valence-electron chi connectivity index (χ2n) is 4.71. The van der Waals surface area contributed by atoms with E-state index in [-0.39, 0.29) is 0 Å². The SMILES string of the molecule is C=C(CCCC)C1=CCC1c1ccc(Cl)cc1. The summed E-state index contributed by atoms with van der Waals surface area (Å²) < 4.78 is 0. The number of benzene rings is 1. The van der Waals surface area contributed by atoms with Crippen molar-refractivity contribution in [1.29, 1.82) is 0 Å². The van der Waals surface area contributed by atoms with Crippen molar-refractivity contribution in [3.8, 4) is 0 Å². The Morgan fingerprint density at radius 1 is 1.35 bits per heavy atom. The van der Waals surface area contributed by atoms with Crippen molar-refractivity contribution in [3.05, 3.63) is 58.7 Å². The highest BCUT2D eigenvalue weighted by atomic mass is 35.5. The molecule has 0 heterocycles. The van der Waals surface area contributed by atoms with E-state index < -0.39 is 0 Å². The van der Waals surface area contributed by atoms with Gasteiger partial charge in [0.05, 0.1) is 0 Å². The number of rotatable bonds is 5. The van der Waals surface area contributed by atoms with E-state index in [0.29, 0.717) is 5.92 Å². The molecule has 0 saturated heterocycles. The van der Waals surface area contributed by atoms with E-state index in [0.717, 1.165) is 17.9 Å². The highest BCUT2D eigenvalue weighted by Gasteiger charge is 2.24. The highest BCUT2D eigenvalue weighted by molar-refractivity contribution is 6.30. The van der Waals surface area contributed by atoms with E-state index in [9.17, 15) is 0 Å². The van der Waals surface area contributed by atoms with Crippen LogP contribution in [0.2, 0.25) is 5.02 Å². The zero-order valence-corrected chi connectivity index (χ0v) is 11.1. The van der Waals surface area contributed by atoms with E-state index in [1.54, 1.807) is 0 Å². The Hall–Kier alpha value is -1.01. The first-order chi connectivity index (χ1) is 8.22. The van der Waals surface area contributed by atoms with Crippen molar-refractivity contribution in [2.45, 2.75) is 38.5 Å². The molecule has 0 spiro atoms. The minimum Gasteiger partial charge on any atom is -0.0955 e. The van der Waals surface area contributed by atoms with Crippen molar-refractivity contribution in [2.75, 3.05) is 0 Å². The molecular formula is C16H19Cl. The lowest BCUT2D eigenvalue weighted by molar-refractivity contribution is 0.704. The molecule has 0 aliphatic heterocycles. The molecule has 2 rings (SSSR count). The molecular weight excluding hydrogens is 228 g/mol. The van der Waals surface area contributed by atoms with E-state index in [4.69, 9.17) is 11.6 Å². The molecule has 1 atom stereocenters. The van der Waals surface area contributed by atoms with Gasteiger partial charge in [0.25, 0.3) is 0 Å². The van der Waals surface area contributed by atoms with E-state index in [1.165, 1.54) is 29.6 Å². The maximum atomic E-state index is 5.91.